The van der Waals surface area contributed by atoms with Crippen LogP contribution in [0.5, 0.6) is 5.75 Å². The molecule has 2 N–H and O–H groups in total. The van der Waals surface area contributed by atoms with E-state index in [4.69, 9.17) is 10.5 Å². The van der Waals surface area contributed by atoms with Gasteiger partial charge in [0, 0.05) is 0 Å². The van der Waals surface area contributed by atoms with Crippen LogP contribution in [0.1, 0.15) is 22.8 Å². The van der Waals surface area contributed by atoms with Gasteiger partial charge >= 0.3 is 0 Å². The molecule has 97 valence electrons. The molecule has 3 nitrogen and oxygen atoms in total. The Morgan fingerprint density at radius 3 is 2.79 bits per heavy atom. The van der Waals surface area contributed by atoms with E-state index in [0.717, 1.165) is 22.4 Å². The molecule has 0 saturated heterocycles. The molecule has 2 rings (SSSR count). The summed E-state index contributed by atoms with van der Waals surface area (Å²) in [5.74, 6) is 0.383. The average molecular weight is 254 g/mol. The van der Waals surface area contributed by atoms with Crippen molar-refractivity contribution in [2.45, 2.75) is 13.8 Å². The van der Waals surface area contributed by atoms with Crippen LogP contribution in [0.4, 0.5) is 0 Å². The first-order valence-electron chi connectivity index (χ1n) is 6.17. The Hall–Kier alpha value is -2.29. The van der Waals surface area contributed by atoms with Gasteiger partial charge in [-0.2, -0.15) is 0 Å². The number of primary amides is 1. The van der Waals surface area contributed by atoms with Crippen LogP contribution >= 0.6 is 0 Å². The minimum absolute atomic E-state index is 0.408. The predicted octanol–water partition coefficient (Wildman–Crippen LogP) is 2.96. The van der Waals surface area contributed by atoms with Crippen LogP contribution in [0.3, 0.4) is 0 Å². The molecule has 0 unspecified atom stereocenters. The van der Waals surface area contributed by atoms with Crippen LogP contribution in [0.2, 0.25) is 0 Å². The molecule has 0 aliphatic heterocycles. The Kier molecular flexibility index (Phi) is 3.85. The van der Waals surface area contributed by atoms with Gasteiger partial charge in [-0.15, -0.1) is 0 Å². The molecule has 2 aromatic carbocycles. The smallest absolute Gasteiger partial charge is 0.249 e. The third-order valence-corrected chi connectivity index (χ3v) is 2.89. The Morgan fingerprint density at radius 1 is 1.37 bits per heavy atom. The average Bonchev–Trinajstić information content (AvgIpc) is 2.41. The molecule has 0 bridgehead atoms. The maximum atomic E-state index is 11.4. The summed E-state index contributed by atoms with van der Waals surface area (Å²) in [4.78, 5) is 11.4. The monoisotopic (exact) mass is 254 g/mol. The number of amides is 1. The number of carbonyl (C=O) groups excluding carboxylic acids is 1. The third kappa shape index (κ3) is 2.76. The Bertz CT molecular complexity index is 605. The molecular formula is C16H16NO2. The number of carbonyl (C=O) groups is 1. The van der Waals surface area contributed by atoms with Crippen molar-refractivity contribution >= 4 is 5.91 Å². The first-order valence-corrected chi connectivity index (χ1v) is 6.17. The number of ether oxygens (including phenoxy) is 1. The number of hydrogen-bond acceptors (Lipinski definition) is 2. The van der Waals surface area contributed by atoms with Crippen LogP contribution in [0.25, 0.3) is 11.1 Å². The van der Waals surface area contributed by atoms with E-state index in [0.29, 0.717) is 12.2 Å². The van der Waals surface area contributed by atoms with E-state index in [1.54, 1.807) is 6.07 Å². The van der Waals surface area contributed by atoms with Gasteiger partial charge in [-0.05, 0) is 48.7 Å². The van der Waals surface area contributed by atoms with E-state index < -0.39 is 5.91 Å². The highest BCUT2D eigenvalue weighted by Crippen LogP contribution is 2.28. The summed E-state index contributed by atoms with van der Waals surface area (Å²) in [7, 11) is 0. The molecular weight excluding hydrogens is 238 g/mol. The van der Waals surface area contributed by atoms with Crippen LogP contribution < -0.4 is 10.5 Å². The summed E-state index contributed by atoms with van der Waals surface area (Å²) in [5, 5.41) is 0. The van der Waals surface area contributed by atoms with E-state index >= 15 is 0 Å². The third-order valence-electron chi connectivity index (χ3n) is 2.89. The van der Waals surface area contributed by atoms with E-state index in [1.807, 2.05) is 44.2 Å². The first-order chi connectivity index (χ1) is 9.13. The maximum Gasteiger partial charge on any atom is 0.249 e. The second-order valence-corrected chi connectivity index (χ2v) is 4.24. The highest BCUT2D eigenvalue weighted by Gasteiger charge is 2.10. The summed E-state index contributed by atoms with van der Waals surface area (Å²) in [6.07, 6.45) is 0. The molecule has 0 aliphatic rings. The number of benzene rings is 2. The van der Waals surface area contributed by atoms with E-state index in [-0.39, 0.29) is 0 Å². The maximum absolute atomic E-state index is 11.4. The van der Waals surface area contributed by atoms with Gasteiger partial charge in [0.25, 0.3) is 0 Å². The molecule has 0 atom stereocenters. The molecule has 0 fully saturated rings. The lowest BCUT2D eigenvalue weighted by Gasteiger charge is -2.11. The number of hydrogen-bond donors (Lipinski definition) is 1. The normalized spacial score (nSPS) is 10.2. The molecule has 0 aromatic heterocycles. The molecule has 0 spiro atoms. The van der Waals surface area contributed by atoms with Gasteiger partial charge in [0.05, 0.1) is 12.2 Å². The van der Waals surface area contributed by atoms with Gasteiger partial charge in [0.15, 0.2) is 0 Å². The van der Waals surface area contributed by atoms with Crippen molar-refractivity contribution in [3.05, 3.63) is 53.6 Å². The highest BCUT2D eigenvalue weighted by molar-refractivity contribution is 5.99. The molecule has 2 aromatic rings. The molecule has 1 amide bonds. The topological polar surface area (TPSA) is 52.3 Å². The first kappa shape index (κ1) is 13.1. The fourth-order valence-electron chi connectivity index (χ4n) is 2.02. The van der Waals surface area contributed by atoms with Crippen molar-refractivity contribution < 1.29 is 9.53 Å². The summed E-state index contributed by atoms with van der Waals surface area (Å²) in [5.41, 5.74) is 8.54. The largest absolute Gasteiger partial charge is 0.494 e. The predicted molar refractivity (Wildman–Crippen MR) is 75.1 cm³/mol. The van der Waals surface area contributed by atoms with E-state index in [9.17, 15) is 4.79 Å². The van der Waals surface area contributed by atoms with Crippen molar-refractivity contribution in [3.63, 3.8) is 0 Å². The van der Waals surface area contributed by atoms with Gasteiger partial charge < -0.3 is 10.5 Å². The lowest BCUT2D eigenvalue weighted by molar-refractivity contribution is 0.100. The van der Waals surface area contributed by atoms with Crippen molar-refractivity contribution in [2.24, 2.45) is 5.73 Å². The standard InChI is InChI=1S/C16H16NO2/c1-3-19-15-9-8-12(10-11(15)2)13-6-4-5-7-14(13)16(17)18/h4-6,8-10H,3H2,1-2H3,(H2,17,18). The zero-order valence-electron chi connectivity index (χ0n) is 11.1. The van der Waals surface area contributed by atoms with Crippen molar-refractivity contribution in [1.82, 2.24) is 0 Å². The lowest BCUT2D eigenvalue weighted by Crippen LogP contribution is -2.12. The fraction of sp³-hybridized carbons (Fsp3) is 0.188. The summed E-state index contributed by atoms with van der Waals surface area (Å²) in [6, 6.07) is 14.1. The van der Waals surface area contributed by atoms with Crippen LogP contribution in [0.15, 0.2) is 36.4 Å². The molecule has 3 heteroatoms. The zero-order valence-corrected chi connectivity index (χ0v) is 11.1. The van der Waals surface area contributed by atoms with Crippen LogP contribution in [0, 0.1) is 13.0 Å². The second-order valence-electron chi connectivity index (χ2n) is 4.24. The second kappa shape index (κ2) is 5.57. The van der Waals surface area contributed by atoms with E-state index in [1.165, 1.54) is 0 Å². The summed E-state index contributed by atoms with van der Waals surface area (Å²) < 4.78 is 5.51. The molecule has 0 aliphatic carbocycles. The van der Waals surface area contributed by atoms with E-state index in [2.05, 4.69) is 6.07 Å². The van der Waals surface area contributed by atoms with Gasteiger partial charge in [-0.3, -0.25) is 4.79 Å². The molecule has 1 radical (unpaired) electrons. The molecule has 0 saturated carbocycles. The number of aryl methyl sites for hydroxylation is 1. The minimum Gasteiger partial charge on any atom is -0.494 e. The fourth-order valence-corrected chi connectivity index (χ4v) is 2.02. The summed E-state index contributed by atoms with van der Waals surface area (Å²) >= 11 is 0. The SMILES string of the molecule is CCOc1ccc(-c2ccc[c]c2C(N)=O)cc1C. The highest BCUT2D eigenvalue weighted by atomic mass is 16.5. The van der Waals surface area contributed by atoms with Crippen LogP contribution in [-0.2, 0) is 0 Å². The van der Waals surface area contributed by atoms with Crippen molar-refractivity contribution in [1.29, 1.82) is 0 Å². The summed E-state index contributed by atoms with van der Waals surface area (Å²) in [6.45, 7) is 4.56. The van der Waals surface area contributed by atoms with Crippen molar-refractivity contribution in [2.75, 3.05) is 6.61 Å². The number of rotatable bonds is 4. The Labute approximate surface area is 113 Å². The Balaban J connectivity index is 2.48. The minimum atomic E-state index is -0.470. The quantitative estimate of drug-likeness (QED) is 0.912. The Morgan fingerprint density at radius 2 is 2.16 bits per heavy atom. The van der Waals surface area contributed by atoms with Gasteiger partial charge in [-0.1, -0.05) is 24.3 Å². The van der Waals surface area contributed by atoms with Crippen molar-refractivity contribution in [3.8, 4) is 16.9 Å². The molecule has 19 heavy (non-hydrogen) atoms. The van der Waals surface area contributed by atoms with Crippen LogP contribution in [-0.4, -0.2) is 12.5 Å². The van der Waals surface area contributed by atoms with Gasteiger partial charge in [0.1, 0.15) is 5.75 Å². The zero-order chi connectivity index (χ0) is 13.8. The molecule has 0 heterocycles. The lowest BCUT2D eigenvalue weighted by atomic mass is 9.98. The number of nitrogens with two attached hydrogens (primary N) is 1. The van der Waals surface area contributed by atoms with Gasteiger partial charge in [0.2, 0.25) is 5.91 Å². The van der Waals surface area contributed by atoms with Gasteiger partial charge in [-0.25, -0.2) is 0 Å².